The van der Waals surface area contributed by atoms with Crippen LogP contribution < -0.4 is 5.32 Å². The molecule has 0 radical (unpaired) electrons. The molecule has 0 aromatic carbocycles. The fraction of sp³-hybridized carbons (Fsp3) is 1.00. The minimum Gasteiger partial charge on any atom is -0.313 e. The Morgan fingerprint density at radius 3 is 2.61 bits per heavy atom. The predicted molar refractivity (Wildman–Crippen MR) is 78.9 cm³/mol. The van der Waals surface area contributed by atoms with Gasteiger partial charge in [-0.25, -0.2) is 0 Å². The highest BCUT2D eigenvalue weighted by atomic mass is 15.2. The third-order valence-corrected chi connectivity index (χ3v) is 4.94. The van der Waals surface area contributed by atoms with E-state index in [0.29, 0.717) is 0 Å². The summed E-state index contributed by atoms with van der Waals surface area (Å²) < 4.78 is 0. The second kappa shape index (κ2) is 7.49. The van der Waals surface area contributed by atoms with E-state index in [1.165, 1.54) is 71.1 Å². The number of hydrogen-bond acceptors (Lipinski definition) is 2. The molecule has 1 unspecified atom stereocenters. The lowest BCUT2D eigenvalue weighted by Crippen LogP contribution is -2.38. The molecule has 2 aliphatic rings. The maximum Gasteiger partial charge on any atom is 0.0107 e. The Hall–Kier alpha value is -0.0800. The van der Waals surface area contributed by atoms with Gasteiger partial charge in [-0.05, 0) is 56.9 Å². The summed E-state index contributed by atoms with van der Waals surface area (Å²) in [6.07, 6.45) is 9.90. The quantitative estimate of drug-likeness (QED) is 0.780. The van der Waals surface area contributed by atoms with Crippen molar-refractivity contribution in [3.63, 3.8) is 0 Å². The standard InChI is InChI=1S/C16H32N2/c1-3-4-15-9-11-18(13-15)12-10-17-16-7-5-14(2)6-8-16/h14-17H,3-13H2,1-2H3. The van der Waals surface area contributed by atoms with Gasteiger partial charge >= 0.3 is 0 Å². The van der Waals surface area contributed by atoms with Crippen LogP contribution in [0.4, 0.5) is 0 Å². The molecule has 2 rings (SSSR count). The zero-order valence-corrected chi connectivity index (χ0v) is 12.5. The van der Waals surface area contributed by atoms with Crippen molar-refractivity contribution in [1.82, 2.24) is 10.2 Å². The van der Waals surface area contributed by atoms with Gasteiger partial charge in [0.1, 0.15) is 0 Å². The van der Waals surface area contributed by atoms with Crippen molar-refractivity contribution in [2.45, 2.75) is 64.8 Å². The molecule has 106 valence electrons. The molecule has 1 heterocycles. The normalized spacial score (nSPS) is 34.0. The van der Waals surface area contributed by atoms with Gasteiger partial charge in [-0.15, -0.1) is 0 Å². The van der Waals surface area contributed by atoms with Crippen LogP contribution in [0.2, 0.25) is 0 Å². The maximum absolute atomic E-state index is 3.77. The highest BCUT2D eigenvalue weighted by molar-refractivity contribution is 4.78. The van der Waals surface area contributed by atoms with Crippen LogP contribution in [0, 0.1) is 11.8 Å². The van der Waals surface area contributed by atoms with Gasteiger partial charge in [0.25, 0.3) is 0 Å². The third kappa shape index (κ3) is 4.55. The van der Waals surface area contributed by atoms with Crippen molar-refractivity contribution in [3.05, 3.63) is 0 Å². The van der Waals surface area contributed by atoms with Crippen LogP contribution in [-0.4, -0.2) is 37.1 Å². The summed E-state index contributed by atoms with van der Waals surface area (Å²) in [6, 6.07) is 0.815. The molecule has 2 nitrogen and oxygen atoms in total. The highest BCUT2D eigenvalue weighted by Crippen LogP contribution is 2.23. The number of hydrogen-bond donors (Lipinski definition) is 1. The van der Waals surface area contributed by atoms with Crippen molar-refractivity contribution < 1.29 is 0 Å². The molecule has 1 N–H and O–H groups in total. The topological polar surface area (TPSA) is 15.3 Å². The second-order valence-corrected chi connectivity index (χ2v) is 6.65. The highest BCUT2D eigenvalue weighted by Gasteiger charge is 2.22. The summed E-state index contributed by atoms with van der Waals surface area (Å²) >= 11 is 0. The van der Waals surface area contributed by atoms with E-state index >= 15 is 0 Å². The molecular weight excluding hydrogens is 220 g/mol. The first-order valence-corrected chi connectivity index (χ1v) is 8.23. The van der Waals surface area contributed by atoms with Gasteiger partial charge in [0.2, 0.25) is 0 Å². The number of likely N-dealkylation sites (tertiary alicyclic amines) is 1. The third-order valence-electron chi connectivity index (χ3n) is 4.94. The molecule has 1 aliphatic carbocycles. The molecule has 1 aliphatic heterocycles. The second-order valence-electron chi connectivity index (χ2n) is 6.65. The smallest absolute Gasteiger partial charge is 0.0107 e. The molecular formula is C16H32N2. The first-order valence-electron chi connectivity index (χ1n) is 8.23. The average molecular weight is 252 g/mol. The zero-order valence-electron chi connectivity index (χ0n) is 12.5. The van der Waals surface area contributed by atoms with Gasteiger partial charge in [-0.2, -0.15) is 0 Å². The van der Waals surface area contributed by atoms with E-state index in [9.17, 15) is 0 Å². The van der Waals surface area contributed by atoms with Crippen molar-refractivity contribution in [1.29, 1.82) is 0 Å². The molecule has 2 fully saturated rings. The molecule has 0 bridgehead atoms. The van der Waals surface area contributed by atoms with Crippen molar-refractivity contribution >= 4 is 0 Å². The fourth-order valence-electron chi connectivity index (χ4n) is 3.65. The molecule has 1 saturated carbocycles. The minimum absolute atomic E-state index is 0.815. The molecule has 2 heteroatoms. The van der Waals surface area contributed by atoms with Gasteiger partial charge < -0.3 is 10.2 Å². The number of nitrogens with one attached hydrogen (secondary N) is 1. The Kier molecular flexibility index (Phi) is 5.97. The van der Waals surface area contributed by atoms with E-state index in [4.69, 9.17) is 0 Å². The van der Waals surface area contributed by atoms with Crippen LogP contribution >= 0.6 is 0 Å². The summed E-state index contributed by atoms with van der Waals surface area (Å²) in [5, 5.41) is 3.77. The molecule has 1 atom stereocenters. The SMILES string of the molecule is CCCC1CCN(CCNC2CCC(C)CC2)C1. The lowest BCUT2D eigenvalue weighted by molar-refractivity contribution is 0.277. The minimum atomic E-state index is 0.815. The Morgan fingerprint density at radius 1 is 1.11 bits per heavy atom. The van der Waals surface area contributed by atoms with E-state index in [-0.39, 0.29) is 0 Å². The van der Waals surface area contributed by atoms with Crippen LogP contribution in [0.5, 0.6) is 0 Å². The Labute approximate surface area is 114 Å². The number of rotatable bonds is 6. The fourth-order valence-corrected chi connectivity index (χ4v) is 3.65. The zero-order chi connectivity index (χ0) is 12.8. The lowest BCUT2D eigenvalue weighted by atomic mass is 9.87. The largest absolute Gasteiger partial charge is 0.313 e. The lowest BCUT2D eigenvalue weighted by Gasteiger charge is -2.28. The Bertz CT molecular complexity index is 221. The maximum atomic E-state index is 3.77. The van der Waals surface area contributed by atoms with Gasteiger partial charge in [0.05, 0.1) is 0 Å². The predicted octanol–water partition coefficient (Wildman–Crippen LogP) is 3.28. The summed E-state index contributed by atoms with van der Waals surface area (Å²) in [7, 11) is 0. The molecule has 18 heavy (non-hydrogen) atoms. The van der Waals surface area contributed by atoms with Gasteiger partial charge in [-0.3, -0.25) is 0 Å². The number of nitrogens with zero attached hydrogens (tertiary/aromatic N) is 1. The van der Waals surface area contributed by atoms with E-state index in [1.54, 1.807) is 0 Å². The molecule has 0 spiro atoms. The summed E-state index contributed by atoms with van der Waals surface area (Å²) in [6.45, 7) is 9.89. The van der Waals surface area contributed by atoms with Crippen LogP contribution in [0.3, 0.4) is 0 Å². The Balaban J connectivity index is 1.53. The van der Waals surface area contributed by atoms with Crippen LogP contribution in [0.15, 0.2) is 0 Å². The van der Waals surface area contributed by atoms with Crippen molar-refractivity contribution in [2.75, 3.05) is 26.2 Å². The van der Waals surface area contributed by atoms with E-state index in [1.807, 2.05) is 0 Å². The summed E-state index contributed by atoms with van der Waals surface area (Å²) in [4.78, 5) is 2.67. The molecule has 0 amide bonds. The monoisotopic (exact) mass is 252 g/mol. The van der Waals surface area contributed by atoms with E-state index in [2.05, 4.69) is 24.1 Å². The first kappa shape index (κ1) is 14.3. The van der Waals surface area contributed by atoms with Crippen molar-refractivity contribution in [3.8, 4) is 0 Å². The van der Waals surface area contributed by atoms with Gasteiger partial charge in [0, 0.05) is 25.7 Å². The van der Waals surface area contributed by atoms with E-state index in [0.717, 1.165) is 17.9 Å². The molecule has 1 saturated heterocycles. The van der Waals surface area contributed by atoms with Crippen LogP contribution in [-0.2, 0) is 0 Å². The summed E-state index contributed by atoms with van der Waals surface area (Å²) in [5.74, 6) is 1.96. The van der Waals surface area contributed by atoms with Gasteiger partial charge in [0.15, 0.2) is 0 Å². The Morgan fingerprint density at radius 2 is 1.89 bits per heavy atom. The van der Waals surface area contributed by atoms with E-state index < -0.39 is 0 Å². The molecule has 0 aromatic heterocycles. The van der Waals surface area contributed by atoms with Crippen LogP contribution in [0.1, 0.15) is 58.8 Å². The summed E-state index contributed by atoms with van der Waals surface area (Å²) in [5.41, 5.74) is 0. The molecule has 0 aromatic rings. The average Bonchev–Trinajstić information content (AvgIpc) is 2.80. The van der Waals surface area contributed by atoms with Gasteiger partial charge in [-0.1, -0.05) is 20.3 Å². The van der Waals surface area contributed by atoms with Crippen LogP contribution in [0.25, 0.3) is 0 Å². The van der Waals surface area contributed by atoms with Crippen molar-refractivity contribution in [2.24, 2.45) is 11.8 Å². The first-order chi connectivity index (χ1) is 8.78.